The molecule has 4 heteroatoms. The summed E-state index contributed by atoms with van der Waals surface area (Å²) >= 11 is 0. The van der Waals surface area contributed by atoms with Crippen molar-refractivity contribution in [3.8, 4) is 16.9 Å². The molecule has 0 amide bonds. The molecule has 0 aliphatic rings. The average molecular weight is 320 g/mol. The molecule has 0 saturated carbocycles. The Hall–Kier alpha value is -2.88. The summed E-state index contributed by atoms with van der Waals surface area (Å²) in [4.78, 5) is 11.6. The standard InChI is InChI=1S/C20H20N2O2/c1-14(2)12-15-8-10-16(11-9-15)18-13-19(20(23)24)22(21-18)17-6-4-3-5-7-17/h3-11,13-14H,12H2,1-2H3,(H,23,24). The van der Waals surface area contributed by atoms with E-state index < -0.39 is 5.97 Å². The summed E-state index contributed by atoms with van der Waals surface area (Å²) in [5, 5.41) is 14.0. The second-order valence-electron chi connectivity index (χ2n) is 6.26. The summed E-state index contributed by atoms with van der Waals surface area (Å²) in [6.07, 6.45) is 1.03. The topological polar surface area (TPSA) is 55.1 Å². The van der Waals surface area contributed by atoms with E-state index in [9.17, 15) is 9.90 Å². The van der Waals surface area contributed by atoms with Gasteiger partial charge in [0.1, 0.15) is 0 Å². The zero-order valence-corrected chi connectivity index (χ0v) is 13.8. The van der Waals surface area contributed by atoms with Gasteiger partial charge in [0.15, 0.2) is 5.69 Å². The molecule has 3 aromatic rings. The first kappa shape index (κ1) is 16.0. The maximum absolute atomic E-state index is 11.6. The molecule has 0 aliphatic heterocycles. The minimum Gasteiger partial charge on any atom is -0.477 e. The van der Waals surface area contributed by atoms with Crippen LogP contribution in [0.3, 0.4) is 0 Å². The Morgan fingerprint density at radius 3 is 2.33 bits per heavy atom. The summed E-state index contributed by atoms with van der Waals surface area (Å²) in [6, 6.07) is 19.1. The number of aromatic carboxylic acids is 1. The highest BCUT2D eigenvalue weighted by atomic mass is 16.4. The molecule has 0 fully saturated rings. The predicted molar refractivity (Wildman–Crippen MR) is 94.5 cm³/mol. The number of carbonyl (C=O) groups is 1. The Morgan fingerprint density at radius 2 is 1.75 bits per heavy atom. The van der Waals surface area contributed by atoms with Crippen LogP contribution in [0.4, 0.5) is 0 Å². The lowest BCUT2D eigenvalue weighted by molar-refractivity contribution is 0.0687. The third-order valence-electron chi connectivity index (χ3n) is 3.82. The molecule has 24 heavy (non-hydrogen) atoms. The highest BCUT2D eigenvalue weighted by Gasteiger charge is 2.16. The van der Waals surface area contributed by atoms with Gasteiger partial charge in [-0.15, -0.1) is 0 Å². The van der Waals surface area contributed by atoms with Crippen molar-refractivity contribution >= 4 is 5.97 Å². The third kappa shape index (κ3) is 3.38. The van der Waals surface area contributed by atoms with Gasteiger partial charge < -0.3 is 5.11 Å². The number of carboxylic acid groups (broad SMARTS) is 1. The van der Waals surface area contributed by atoms with E-state index in [0.717, 1.165) is 17.7 Å². The van der Waals surface area contributed by atoms with Crippen LogP contribution in [0, 0.1) is 5.92 Å². The van der Waals surface area contributed by atoms with Crippen molar-refractivity contribution in [2.24, 2.45) is 5.92 Å². The van der Waals surface area contributed by atoms with E-state index in [2.05, 4.69) is 31.1 Å². The molecule has 0 saturated heterocycles. The molecule has 0 bridgehead atoms. The molecule has 1 heterocycles. The molecule has 122 valence electrons. The predicted octanol–water partition coefficient (Wildman–Crippen LogP) is 4.44. The largest absolute Gasteiger partial charge is 0.477 e. The van der Waals surface area contributed by atoms with Gasteiger partial charge in [0, 0.05) is 5.56 Å². The molecule has 3 rings (SSSR count). The Bertz CT molecular complexity index is 834. The fourth-order valence-electron chi connectivity index (χ4n) is 2.72. The lowest BCUT2D eigenvalue weighted by Gasteiger charge is -2.05. The zero-order valence-electron chi connectivity index (χ0n) is 13.8. The van der Waals surface area contributed by atoms with Crippen molar-refractivity contribution in [1.29, 1.82) is 0 Å². The highest BCUT2D eigenvalue weighted by Crippen LogP contribution is 2.23. The SMILES string of the molecule is CC(C)Cc1ccc(-c2cc(C(=O)O)n(-c3ccccc3)n2)cc1. The van der Waals surface area contributed by atoms with Crippen LogP contribution in [0.15, 0.2) is 60.7 Å². The number of benzene rings is 2. The minimum atomic E-state index is -0.992. The van der Waals surface area contributed by atoms with Crippen LogP contribution in [0.25, 0.3) is 16.9 Å². The Morgan fingerprint density at radius 1 is 1.08 bits per heavy atom. The Labute approximate surface area is 141 Å². The van der Waals surface area contributed by atoms with Gasteiger partial charge in [0.2, 0.25) is 0 Å². The first-order chi connectivity index (χ1) is 11.5. The monoisotopic (exact) mass is 320 g/mol. The first-order valence-electron chi connectivity index (χ1n) is 8.02. The quantitative estimate of drug-likeness (QED) is 0.756. The van der Waals surface area contributed by atoms with Gasteiger partial charge in [-0.05, 0) is 36.1 Å². The van der Waals surface area contributed by atoms with Crippen LogP contribution in [0.2, 0.25) is 0 Å². The number of carboxylic acids is 1. The fraction of sp³-hybridized carbons (Fsp3) is 0.200. The molecule has 0 aliphatic carbocycles. The lowest BCUT2D eigenvalue weighted by Crippen LogP contribution is -2.07. The number of rotatable bonds is 5. The van der Waals surface area contributed by atoms with Gasteiger partial charge in [0.05, 0.1) is 11.4 Å². The van der Waals surface area contributed by atoms with E-state index >= 15 is 0 Å². The van der Waals surface area contributed by atoms with Crippen LogP contribution >= 0.6 is 0 Å². The second kappa shape index (κ2) is 6.71. The van der Waals surface area contributed by atoms with Crippen LogP contribution in [0.1, 0.15) is 29.9 Å². The van der Waals surface area contributed by atoms with Crippen LogP contribution in [-0.2, 0) is 6.42 Å². The number of para-hydroxylation sites is 1. The van der Waals surface area contributed by atoms with Crippen LogP contribution in [-0.4, -0.2) is 20.9 Å². The molecule has 0 radical (unpaired) electrons. The highest BCUT2D eigenvalue weighted by molar-refractivity contribution is 5.88. The summed E-state index contributed by atoms with van der Waals surface area (Å²) in [6.45, 7) is 4.38. The number of hydrogen-bond acceptors (Lipinski definition) is 2. The smallest absolute Gasteiger partial charge is 0.354 e. The molecule has 0 unspecified atom stereocenters. The molecular formula is C20H20N2O2. The summed E-state index contributed by atoms with van der Waals surface area (Å²) in [5.74, 6) is -0.388. The zero-order chi connectivity index (χ0) is 17.1. The summed E-state index contributed by atoms with van der Waals surface area (Å²) in [7, 11) is 0. The van der Waals surface area contributed by atoms with E-state index in [4.69, 9.17) is 0 Å². The van der Waals surface area contributed by atoms with Gasteiger partial charge in [-0.1, -0.05) is 56.3 Å². The third-order valence-corrected chi connectivity index (χ3v) is 3.82. The molecule has 4 nitrogen and oxygen atoms in total. The van der Waals surface area contributed by atoms with E-state index in [1.54, 1.807) is 6.07 Å². The number of hydrogen-bond donors (Lipinski definition) is 1. The lowest BCUT2D eigenvalue weighted by atomic mass is 10.0. The molecular weight excluding hydrogens is 300 g/mol. The van der Waals surface area contributed by atoms with Crippen molar-refractivity contribution in [2.45, 2.75) is 20.3 Å². The number of aromatic nitrogens is 2. The normalized spacial score (nSPS) is 11.0. The average Bonchev–Trinajstić information content (AvgIpc) is 3.01. The van der Waals surface area contributed by atoms with Crippen molar-refractivity contribution in [2.75, 3.05) is 0 Å². The Kier molecular flexibility index (Phi) is 4.47. The van der Waals surface area contributed by atoms with Crippen molar-refractivity contribution in [3.05, 3.63) is 71.9 Å². The van der Waals surface area contributed by atoms with Crippen LogP contribution < -0.4 is 0 Å². The minimum absolute atomic E-state index is 0.155. The van der Waals surface area contributed by atoms with Crippen molar-refractivity contribution < 1.29 is 9.90 Å². The maximum atomic E-state index is 11.6. The maximum Gasteiger partial charge on any atom is 0.354 e. The molecule has 0 spiro atoms. The molecule has 1 N–H and O–H groups in total. The van der Waals surface area contributed by atoms with Crippen molar-refractivity contribution in [1.82, 2.24) is 9.78 Å². The molecule has 1 aromatic heterocycles. The Balaban J connectivity index is 1.99. The van der Waals surface area contributed by atoms with Gasteiger partial charge in [-0.25, -0.2) is 9.48 Å². The van der Waals surface area contributed by atoms with E-state index in [-0.39, 0.29) is 5.69 Å². The van der Waals surface area contributed by atoms with E-state index in [1.807, 2.05) is 42.5 Å². The molecule has 2 aromatic carbocycles. The van der Waals surface area contributed by atoms with E-state index in [1.165, 1.54) is 10.2 Å². The molecule has 0 atom stereocenters. The number of nitrogens with zero attached hydrogens (tertiary/aromatic N) is 2. The van der Waals surface area contributed by atoms with Gasteiger partial charge in [0.25, 0.3) is 0 Å². The van der Waals surface area contributed by atoms with Gasteiger partial charge >= 0.3 is 5.97 Å². The van der Waals surface area contributed by atoms with Crippen molar-refractivity contribution in [3.63, 3.8) is 0 Å². The van der Waals surface area contributed by atoms with Gasteiger partial charge in [-0.3, -0.25) is 0 Å². The van der Waals surface area contributed by atoms with E-state index in [0.29, 0.717) is 11.6 Å². The summed E-state index contributed by atoms with van der Waals surface area (Å²) in [5.41, 5.74) is 3.74. The fourth-order valence-corrected chi connectivity index (χ4v) is 2.72. The summed E-state index contributed by atoms with van der Waals surface area (Å²) < 4.78 is 1.47. The second-order valence-corrected chi connectivity index (χ2v) is 6.26. The van der Waals surface area contributed by atoms with Crippen LogP contribution in [0.5, 0.6) is 0 Å². The first-order valence-corrected chi connectivity index (χ1v) is 8.02. The van der Waals surface area contributed by atoms with Gasteiger partial charge in [-0.2, -0.15) is 5.10 Å².